The number of rotatable bonds is 4. The molecule has 0 amide bonds. The molecule has 4 nitrogen and oxygen atoms in total. The van der Waals surface area contributed by atoms with E-state index in [0.717, 1.165) is 29.9 Å². The molecule has 0 spiro atoms. The summed E-state index contributed by atoms with van der Waals surface area (Å²) in [5.41, 5.74) is 10.1. The number of hydrogen-bond acceptors (Lipinski definition) is 4. The lowest BCUT2D eigenvalue weighted by atomic mass is 10.00. The first-order chi connectivity index (χ1) is 10.1. The maximum atomic E-state index is 9.29. The zero-order chi connectivity index (χ0) is 15.4. The van der Waals surface area contributed by atoms with Crippen LogP contribution in [0.2, 0.25) is 0 Å². The van der Waals surface area contributed by atoms with Gasteiger partial charge in [0.15, 0.2) is 0 Å². The van der Waals surface area contributed by atoms with Gasteiger partial charge in [0.05, 0.1) is 0 Å². The van der Waals surface area contributed by atoms with Crippen LogP contribution < -0.4 is 10.6 Å². The Kier molecular flexibility index (Phi) is 4.44. The number of hydrogen-bond donors (Lipinski definition) is 1. The van der Waals surface area contributed by atoms with Crippen molar-refractivity contribution in [3.05, 3.63) is 41.6 Å². The molecule has 1 heterocycles. The van der Waals surface area contributed by atoms with Gasteiger partial charge in [-0.2, -0.15) is 5.26 Å². The number of nitrogens with two attached hydrogens (primary N) is 1. The molecule has 0 radical (unpaired) electrons. The Bertz CT molecular complexity index is 664. The smallest absolute Gasteiger partial charge is 0.142 e. The van der Waals surface area contributed by atoms with Crippen LogP contribution in [0, 0.1) is 18.3 Å². The molecule has 0 fully saturated rings. The van der Waals surface area contributed by atoms with Gasteiger partial charge in [-0.15, -0.1) is 0 Å². The van der Waals surface area contributed by atoms with Gasteiger partial charge in [0.2, 0.25) is 0 Å². The molecule has 2 rings (SSSR count). The minimum Gasteiger partial charge on any atom is -0.383 e. The van der Waals surface area contributed by atoms with E-state index in [0.29, 0.717) is 11.4 Å². The second-order valence-corrected chi connectivity index (χ2v) is 4.90. The van der Waals surface area contributed by atoms with Crippen LogP contribution in [0.4, 0.5) is 11.5 Å². The van der Waals surface area contributed by atoms with E-state index in [1.807, 2.05) is 25.1 Å². The highest BCUT2D eigenvalue weighted by Gasteiger charge is 2.11. The van der Waals surface area contributed by atoms with Crippen LogP contribution in [-0.2, 0) is 0 Å². The molecule has 108 valence electrons. The van der Waals surface area contributed by atoms with E-state index >= 15 is 0 Å². The quantitative estimate of drug-likeness (QED) is 0.932. The van der Waals surface area contributed by atoms with Crippen LogP contribution in [0.25, 0.3) is 11.1 Å². The fourth-order valence-corrected chi connectivity index (χ4v) is 2.48. The van der Waals surface area contributed by atoms with Crippen LogP contribution in [0.5, 0.6) is 0 Å². The van der Waals surface area contributed by atoms with E-state index in [2.05, 4.69) is 41.9 Å². The lowest BCUT2D eigenvalue weighted by molar-refractivity contribution is 0.866. The average Bonchev–Trinajstić information content (AvgIpc) is 2.48. The molecule has 0 saturated heterocycles. The Morgan fingerprint density at radius 3 is 2.33 bits per heavy atom. The van der Waals surface area contributed by atoms with Gasteiger partial charge in [-0.05, 0) is 44.5 Å². The standard InChI is InChI=1S/C17H20N4/c1-4-21(5-2)14-8-6-13(7-9-14)15-10-12(3)20-17(19)16(15)11-18/h6-10H,4-5H2,1-3H3,(H2,19,20). The Morgan fingerprint density at radius 1 is 1.19 bits per heavy atom. The number of nitriles is 1. The molecule has 21 heavy (non-hydrogen) atoms. The number of aryl methyl sites for hydroxylation is 1. The molecule has 0 bridgehead atoms. The second kappa shape index (κ2) is 6.27. The number of aromatic nitrogens is 1. The first-order valence-corrected chi connectivity index (χ1v) is 7.13. The van der Waals surface area contributed by atoms with Crippen LogP contribution in [0.1, 0.15) is 25.1 Å². The Balaban J connectivity index is 2.47. The first kappa shape index (κ1) is 14.9. The van der Waals surface area contributed by atoms with Gasteiger partial charge in [0.1, 0.15) is 17.5 Å². The highest BCUT2D eigenvalue weighted by Crippen LogP contribution is 2.28. The van der Waals surface area contributed by atoms with Gasteiger partial charge in [-0.3, -0.25) is 0 Å². The molecule has 0 aliphatic heterocycles. The largest absolute Gasteiger partial charge is 0.383 e. The third-order valence-electron chi connectivity index (χ3n) is 3.59. The summed E-state index contributed by atoms with van der Waals surface area (Å²) in [6.45, 7) is 8.10. The topological polar surface area (TPSA) is 65.9 Å². The first-order valence-electron chi connectivity index (χ1n) is 7.13. The molecule has 2 aromatic rings. The van der Waals surface area contributed by atoms with Crippen molar-refractivity contribution in [3.8, 4) is 17.2 Å². The fraction of sp³-hybridized carbons (Fsp3) is 0.294. The lowest BCUT2D eigenvalue weighted by Crippen LogP contribution is -2.21. The zero-order valence-corrected chi connectivity index (χ0v) is 12.7. The molecule has 0 aliphatic carbocycles. The van der Waals surface area contributed by atoms with Gasteiger partial charge in [0, 0.05) is 30.0 Å². The fourth-order valence-electron chi connectivity index (χ4n) is 2.48. The van der Waals surface area contributed by atoms with Crippen LogP contribution in [0.3, 0.4) is 0 Å². The van der Waals surface area contributed by atoms with Crippen LogP contribution in [-0.4, -0.2) is 18.1 Å². The van der Waals surface area contributed by atoms with E-state index in [1.165, 1.54) is 5.69 Å². The Hall–Kier alpha value is -2.54. The number of benzene rings is 1. The number of nitrogens with zero attached hydrogens (tertiary/aromatic N) is 3. The summed E-state index contributed by atoms with van der Waals surface area (Å²) in [5.74, 6) is 0.292. The average molecular weight is 280 g/mol. The zero-order valence-electron chi connectivity index (χ0n) is 12.7. The second-order valence-electron chi connectivity index (χ2n) is 4.90. The third kappa shape index (κ3) is 2.97. The summed E-state index contributed by atoms with van der Waals surface area (Å²) in [5, 5.41) is 9.29. The van der Waals surface area contributed by atoms with Crippen LogP contribution in [0.15, 0.2) is 30.3 Å². The molecule has 1 aromatic carbocycles. The van der Waals surface area contributed by atoms with Crippen molar-refractivity contribution < 1.29 is 0 Å². The van der Waals surface area contributed by atoms with Crippen molar-refractivity contribution in [2.75, 3.05) is 23.7 Å². The molecular formula is C17H20N4. The van der Waals surface area contributed by atoms with Gasteiger partial charge in [-0.25, -0.2) is 4.98 Å². The van der Waals surface area contributed by atoms with Crippen molar-refractivity contribution in [1.29, 1.82) is 5.26 Å². The number of anilines is 2. The highest BCUT2D eigenvalue weighted by atomic mass is 15.1. The Labute approximate surface area is 125 Å². The van der Waals surface area contributed by atoms with Crippen molar-refractivity contribution >= 4 is 11.5 Å². The van der Waals surface area contributed by atoms with E-state index in [1.54, 1.807) is 0 Å². The number of pyridine rings is 1. The van der Waals surface area contributed by atoms with Crippen molar-refractivity contribution in [2.45, 2.75) is 20.8 Å². The van der Waals surface area contributed by atoms with E-state index in [9.17, 15) is 5.26 Å². The predicted molar refractivity (Wildman–Crippen MR) is 87.1 cm³/mol. The summed E-state index contributed by atoms with van der Waals surface area (Å²) in [4.78, 5) is 6.43. The van der Waals surface area contributed by atoms with Crippen molar-refractivity contribution in [2.24, 2.45) is 0 Å². The minimum atomic E-state index is 0.292. The summed E-state index contributed by atoms with van der Waals surface area (Å²) in [6.07, 6.45) is 0. The summed E-state index contributed by atoms with van der Waals surface area (Å²) in [7, 11) is 0. The summed E-state index contributed by atoms with van der Waals surface area (Å²) >= 11 is 0. The van der Waals surface area contributed by atoms with Gasteiger partial charge < -0.3 is 10.6 Å². The Morgan fingerprint density at radius 2 is 1.81 bits per heavy atom. The molecule has 1 aromatic heterocycles. The van der Waals surface area contributed by atoms with Gasteiger partial charge >= 0.3 is 0 Å². The molecular weight excluding hydrogens is 260 g/mol. The molecule has 4 heteroatoms. The molecule has 0 saturated carbocycles. The molecule has 0 atom stereocenters. The van der Waals surface area contributed by atoms with E-state index in [4.69, 9.17) is 5.73 Å². The third-order valence-corrected chi connectivity index (χ3v) is 3.59. The van der Waals surface area contributed by atoms with Gasteiger partial charge in [-0.1, -0.05) is 12.1 Å². The van der Waals surface area contributed by atoms with Crippen molar-refractivity contribution in [1.82, 2.24) is 4.98 Å². The maximum absolute atomic E-state index is 9.29. The maximum Gasteiger partial charge on any atom is 0.142 e. The lowest BCUT2D eigenvalue weighted by Gasteiger charge is -2.21. The summed E-state index contributed by atoms with van der Waals surface area (Å²) < 4.78 is 0. The monoisotopic (exact) mass is 280 g/mol. The number of nitrogen functional groups attached to an aromatic ring is 1. The SMILES string of the molecule is CCN(CC)c1ccc(-c2cc(C)nc(N)c2C#N)cc1. The van der Waals surface area contributed by atoms with Gasteiger partial charge in [0.25, 0.3) is 0 Å². The van der Waals surface area contributed by atoms with Crippen LogP contribution >= 0.6 is 0 Å². The predicted octanol–water partition coefficient (Wildman–Crippen LogP) is 3.36. The minimum absolute atomic E-state index is 0.292. The molecule has 0 unspecified atom stereocenters. The molecule has 2 N–H and O–H groups in total. The van der Waals surface area contributed by atoms with E-state index in [-0.39, 0.29) is 0 Å². The molecule has 0 aliphatic rings. The normalized spacial score (nSPS) is 10.2. The summed E-state index contributed by atoms with van der Waals surface area (Å²) in [6, 6.07) is 12.3. The van der Waals surface area contributed by atoms with Crippen molar-refractivity contribution in [3.63, 3.8) is 0 Å². The highest BCUT2D eigenvalue weighted by molar-refractivity contribution is 5.76. The van der Waals surface area contributed by atoms with E-state index < -0.39 is 0 Å².